The number of nitrogens with one attached hydrogen (secondary N) is 1. The molecule has 0 aliphatic carbocycles. The van der Waals surface area contributed by atoms with Gasteiger partial charge in [0, 0.05) is 4.57 Å². The van der Waals surface area contributed by atoms with Gasteiger partial charge in [0.05, 0.1) is 15.9 Å². The predicted molar refractivity (Wildman–Crippen MR) is 61.5 cm³/mol. The summed E-state index contributed by atoms with van der Waals surface area (Å²) in [4.78, 5) is 11.6. The van der Waals surface area contributed by atoms with E-state index < -0.39 is 8.25 Å². The maximum atomic E-state index is 10.6. The first-order chi connectivity index (χ1) is 7.09. The van der Waals surface area contributed by atoms with E-state index in [2.05, 4.69) is 20.9 Å². The lowest BCUT2D eigenvalue weighted by molar-refractivity contribution is 0.411. The lowest BCUT2D eigenvalue weighted by Gasteiger charge is -1.93. The van der Waals surface area contributed by atoms with Gasteiger partial charge in [0.25, 0.3) is 0 Å². The second kappa shape index (κ2) is 4.10. The van der Waals surface area contributed by atoms with Crippen molar-refractivity contribution in [3.05, 3.63) is 27.8 Å². The molecule has 7 heteroatoms. The molecule has 0 bridgehead atoms. The third-order valence-corrected chi connectivity index (χ3v) is 3.07. The molecule has 0 saturated heterocycles. The summed E-state index contributed by atoms with van der Waals surface area (Å²) in [5.74, 6) is 0.249. The van der Waals surface area contributed by atoms with Crippen molar-refractivity contribution in [1.82, 2.24) is 4.98 Å². The SMILES string of the molecule is O=[P+](O)Oc1c(Br)[nH]c2cccc(Cl)c12. The molecule has 1 aromatic heterocycles. The van der Waals surface area contributed by atoms with Gasteiger partial charge in [0.2, 0.25) is 5.75 Å². The Kier molecular flexibility index (Phi) is 2.98. The number of fused-ring (bicyclic) bond motifs is 1. The molecular formula is C8H5BrClNO3P+. The molecule has 2 N–H and O–H groups in total. The highest BCUT2D eigenvalue weighted by Gasteiger charge is 2.23. The number of aromatic amines is 1. The first-order valence-electron chi connectivity index (χ1n) is 3.89. The van der Waals surface area contributed by atoms with Crippen molar-refractivity contribution in [2.24, 2.45) is 0 Å². The average Bonchev–Trinajstić information content (AvgIpc) is 2.43. The number of benzene rings is 1. The van der Waals surface area contributed by atoms with E-state index in [0.29, 0.717) is 15.0 Å². The summed E-state index contributed by atoms with van der Waals surface area (Å²) in [6, 6.07) is 5.25. The Morgan fingerprint density at radius 2 is 2.27 bits per heavy atom. The van der Waals surface area contributed by atoms with E-state index in [9.17, 15) is 4.57 Å². The Bertz CT molecular complexity index is 542. The van der Waals surface area contributed by atoms with Gasteiger partial charge < -0.3 is 4.98 Å². The molecule has 2 rings (SSSR count). The predicted octanol–water partition coefficient (Wildman–Crippen LogP) is 3.61. The zero-order chi connectivity index (χ0) is 11.0. The first kappa shape index (κ1) is 10.9. The summed E-state index contributed by atoms with van der Waals surface area (Å²) in [7, 11) is -2.71. The van der Waals surface area contributed by atoms with Crippen LogP contribution < -0.4 is 4.52 Å². The molecule has 0 saturated carbocycles. The van der Waals surface area contributed by atoms with Crippen LogP contribution in [0.2, 0.25) is 5.02 Å². The highest BCUT2D eigenvalue weighted by atomic mass is 79.9. The average molecular weight is 309 g/mol. The quantitative estimate of drug-likeness (QED) is 0.833. The summed E-state index contributed by atoms with van der Waals surface area (Å²) in [5, 5.41) is 1.05. The number of aromatic nitrogens is 1. The lowest BCUT2D eigenvalue weighted by atomic mass is 10.2. The molecule has 1 aromatic carbocycles. The van der Waals surface area contributed by atoms with Crippen molar-refractivity contribution in [3.8, 4) is 5.75 Å². The van der Waals surface area contributed by atoms with Crippen molar-refractivity contribution >= 4 is 46.7 Å². The number of hydrogen-bond donors (Lipinski definition) is 2. The maximum absolute atomic E-state index is 10.6. The highest BCUT2D eigenvalue weighted by molar-refractivity contribution is 9.10. The molecule has 2 aromatic rings. The number of halogens is 2. The first-order valence-corrected chi connectivity index (χ1v) is 6.19. The molecule has 1 atom stereocenters. The van der Waals surface area contributed by atoms with Gasteiger partial charge in [-0.3, -0.25) is 0 Å². The monoisotopic (exact) mass is 308 g/mol. The number of H-pyrrole nitrogens is 1. The van der Waals surface area contributed by atoms with Crippen LogP contribution in [-0.2, 0) is 4.57 Å². The second-order valence-electron chi connectivity index (χ2n) is 2.76. The van der Waals surface area contributed by atoms with Gasteiger partial charge >= 0.3 is 8.25 Å². The van der Waals surface area contributed by atoms with E-state index in [-0.39, 0.29) is 5.75 Å². The van der Waals surface area contributed by atoms with Crippen LogP contribution >= 0.6 is 35.8 Å². The summed E-state index contributed by atoms with van der Waals surface area (Å²) in [6.45, 7) is 0. The largest absolute Gasteiger partial charge is 0.747 e. The van der Waals surface area contributed by atoms with Crippen LogP contribution in [-0.4, -0.2) is 9.88 Å². The van der Waals surface area contributed by atoms with E-state index >= 15 is 0 Å². The molecule has 0 aliphatic rings. The van der Waals surface area contributed by atoms with Gasteiger partial charge in [-0.2, -0.15) is 0 Å². The fourth-order valence-corrected chi connectivity index (χ4v) is 2.52. The standard InChI is InChI=1S/C8H4BrClNO3P/c9-8-7(14-15(12)13)6-4(10)2-1-3-5(6)11-8/h1-3,11H/p+1. The zero-order valence-electron chi connectivity index (χ0n) is 7.20. The second-order valence-corrected chi connectivity index (χ2v) is 4.62. The molecule has 1 heterocycles. The smallest absolute Gasteiger partial charge is 0.346 e. The lowest BCUT2D eigenvalue weighted by Crippen LogP contribution is -1.79. The minimum atomic E-state index is -2.71. The fraction of sp³-hybridized carbons (Fsp3) is 0. The fourth-order valence-electron chi connectivity index (χ4n) is 1.31. The molecule has 0 amide bonds. The van der Waals surface area contributed by atoms with Crippen molar-refractivity contribution in [3.63, 3.8) is 0 Å². The number of rotatable bonds is 2. The van der Waals surface area contributed by atoms with Crippen molar-refractivity contribution in [1.29, 1.82) is 0 Å². The zero-order valence-corrected chi connectivity index (χ0v) is 10.4. The van der Waals surface area contributed by atoms with Gasteiger partial charge in [0.15, 0.2) is 0 Å². The van der Waals surface area contributed by atoms with Gasteiger partial charge in [-0.1, -0.05) is 17.7 Å². The molecule has 0 fully saturated rings. The molecule has 0 radical (unpaired) electrons. The Morgan fingerprint density at radius 3 is 2.93 bits per heavy atom. The maximum Gasteiger partial charge on any atom is 0.747 e. The topological polar surface area (TPSA) is 62.3 Å². The summed E-state index contributed by atoms with van der Waals surface area (Å²) in [5.41, 5.74) is 0.737. The molecular weight excluding hydrogens is 304 g/mol. The molecule has 78 valence electrons. The Balaban J connectivity index is 2.71. The Hall–Kier alpha value is -0.610. The molecule has 1 unspecified atom stereocenters. The van der Waals surface area contributed by atoms with Crippen LogP contribution in [0.25, 0.3) is 10.9 Å². The van der Waals surface area contributed by atoms with E-state index in [1.54, 1.807) is 18.2 Å². The van der Waals surface area contributed by atoms with Crippen molar-refractivity contribution in [2.75, 3.05) is 0 Å². The number of hydrogen-bond acceptors (Lipinski definition) is 2. The summed E-state index contributed by atoms with van der Waals surface area (Å²) < 4.78 is 15.9. The van der Waals surface area contributed by atoms with E-state index in [4.69, 9.17) is 21.0 Å². The normalized spacial score (nSPS) is 11.8. The van der Waals surface area contributed by atoms with Gasteiger partial charge in [-0.05, 0) is 28.1 Å². The molecule has 0 spiro atoms. The van der Waals surface area contributed by atoms with E-state index in [1.165, 1.54) is 0 Å². The molecule has 4 nitrogen and oxygen atoms in total. The van der Waals surface area contributed by atoms with Gasteiger partial charge in [-0.15, -0.1) is 4.89 Å². The van der Waals surface area contributed by atoms with Gasteiger partial charge in [0.1, 0.15) is 4.60 Å². The van der Waals surface area contributed by atoms with Crippen molar-refractivity contribution < 1.29 is 14.0 Å². The van der Waals surface area contributed by atoms with Crippen LogP contribution in [0, 0.1) is 0 Å². The minimum absolute atomic E-state index is 0.249. The van der Waals surface area contributed by atoms with Crippen LogP contribution in [0.15, 0.2) is 22.8 Å². The Morgan fingerprint density at radius 1 is 1.53 bits per heavy atom. The summed E-state index contributed by atoms with van der Waals surface area (Å²) >= 11 is 9.16. The molecule has 0 aliphatic heterocycles. The molecule has 15 heavy (non-hydrogen) atoms. The highest BCUT2D eigenvalue weighted by Crippen LogP contribution is 2.41. The summed E-state index contributed by atoms with van der Waals surface area (Å²) in [6.07, 6.45) is 0. The van der Waals surface area contributed by atoms with Gasteiger partial charge in [-0.25, -0.2) is 4.52 Å². The van der Waals surface area contributed by atoms with Crippen LogP contribution in [0.4, 0.5) is 0 Å². The van der Waals surface area contributed by atoms with Crippen LogP contribution in [0.3, 0.4) is 0 Å². The Labute approximate surface area is 99.3 Å². The third-order valence-electron chi connectivity index (χ3n) is 1.85. The third kappa shape index (κ3) is 2.01. The van der Waals surface area contributed by atoms with Crippen molar-refractivity contribution in [2.45, 2.75) is 0 Å². The van der Waals surface area contributed by atoms with E-state index in [1.807, 2.05) is 0 Å². The van der Waals surface area contributed by atoms with Crippen LogP contribution in [0.1, 0.15) is 0 Å². The van der Waals surface area contributed by atoms with Crippen LogP contribution in [0.5, 0.6) is 5.75 Å². The van der Waals surface area contributed by atoms with E-state index in [0.717, 1.165) is 5.52 Å². The minimum Gasteiger partial charge on any atom is -0.346 e.